The quantitative estimate of drug-likeness (QED) is 0.271. The van der Waals surface area contributed by atoms with Gasteiger partial charge in [-0.1, -0.05) is 30.3 Å². The van der Waals surface area contributed by atoms with Crippen molar-refractivity contribution in [2.45, 2.75) is 6.92 Å². The summed E-state index contributed by atoms with van der Waals surface area (Å²) in [6.07, 6.45) is 0.692. The molecule has 126 valence electrons. The fraction of sp³-hybridized carbons (Fsp3) is 0.118. The molecule has 0 unspecified atom stereocenters. The summed E-state index contributed by atoms with van der Waals surface area (Å²) >= 11 is 0. The zero-order valence-corrected chi connectivity index (χ0v) is 12.4. The minimum Gasteiger partial charge on any atom is -0.463 e. The summed E-state index contributed by atoms with van der Waals surface area (Å²) in [6.45, 7) is 1.49. The number of carbonyl (C=O) groups excluding carboxylic acids is 1. The second-order valence-corrected chi connectivity index (χ2v) is 4.62. The average Bonchev–Trinajstić information content (AvgIpc) is 2.58. The predicted octanol–water partition coefficient (Wildman–Crippen LogP) is 4.38. The van der Waals surface area contributed by atoms with Gasteiger partial charge in [-0.25, -0.2) is 26.7 Å². The summed E-state index contributed by atoms with van der Waals surface area (Å²) in [5.74, 6) is -11.5. The fourth-order valence-corrected chi connectivity index (χ4v) is 2.06. The first kappa shape index (κ1) is 17.7. The van der Waals surface area contributed by atoms with Crippen LogP contribution in [0.15, 0.2) is 36.4 Å². The molecule has 7 heteroatoms. The minimum atomic E-state index is -2.27. The van der Waals surface area contributed by atoms with Gasteiger partial charge in [0, 0.05) is 11.6 Å². The smallest absolute Gasteiger partial charge is 0.331 e. The van der Waals surface area contributed by atoms with Crippen LogP contribution in [0.5, 0.6) is 0 Å². The van der Waals surface area contributed by atoms with Crippen LogP contribution in [0.3, 0.4) is 0 Å². The highest BCUT2D eigenvalue weighted by Crippen LogP contribution is 2.32. The van der Waals surface area contributed by atoms with Gasteiger partial charge >= 0.3 is 5.97 Å². The Labute approximate surface area is 134 Å². The third-order valence-corrected chi connectivity index (χ3v) is 3.11. The highest BCUT2D eigenvalue weighted by Gasteiger charge is 2.28. The van der Waals surface area contributed by atoms with E-state index < -0.39 is 46.2 Å². The Kier molecular flexibility index (Phi) is 5.33. The van der Waals surface area contributed by atoms with Gasteiger partial charge in [0.25, 0.3) is 0 Å². The van der Waals surface area contributed by atoms with Gasteiger partial charge in [0.1, 0.15) is 0 Å². The predicted molar refractivity (Wildman–Crippen MR) is 76.4 cm³/mol. The Bertz CT molecular complexity index is 771. The normalized spacial score (nSPS) is 11.5. The summed E-state index contributed by atoms with van der Waals surface area (Å²) < 4.78 is 72.9. The third-order valence-electron chi connectivity index (χ3n) is 3.11. The first-order valence-corrected chi connectivity index (χ1v) is 6.84. The molecule has 0 radical (unpaired) electrons. The average molecular weight is 342 g/mol. The number of esters is 1. The Morgan fingerprint density at radius 2 is 1.42 bits per heavy atom. The molecule has 0 atom stereocenters. The molecule has 0 aromatic heterocycles. The van der Waals surface area contributed by atoms with E-state index in [1.165, 1.54) is 31.2 Å². The highest BCUT2D eigenvalue weighted by atomic mass is 19.2. The van der Waals surface area contributed by atoms with Gasteiger partial charge in [0.15, 0.2) is 23.3 Å². The van der Waals surface area contributed by atoms with Gasteiger partial charge in [0.2, 0.25) is 5.82 Å². The number of benzene rings is 2. The fourth-order valence-electron chi connectivity index (χ4n) is 2.06. The van der Waals surface area contributed by atoms with E-state index >= 15 is 0 Å². The van der Waals surface area contributed by atoms with Crippen LogP contribution < -0.4 is 0 Å². The number of hydrogen-bond acceptors (Lipinski definition) is 2. The maximum absolute atomic E-state index is 14.1. The van der Waals surface area contributed by atoms with Crippen LogP contribution >= 0.6 is 0 Å². The van der Waals surface area contributed by atoms with Crippen LogP contribution in [0.25, 0.3) is 5.57 Å². The number of carbonyl (C=O) groups is 1. The number of halogens is 5. The van der Waals surface area contributed by atoms with Crippen molar-refractivity contribution in [1.82, 2.24) is 0 Å². The minimum absolute atomic E-state index is 0.0193. The van der Waals surface area contributed by atoms with Crippen LogP contribution in [0.1, 0.15) is 18.1 Å². The first-order chi connectivity index (χ1) is 11.4. The van der Waals surface area contributed by atoms with Crippen molar-refractivity contribution < 1.29 is 31.5 Å². The zero-order valence-electron chi connectivity index (χ0n) is 12.4. The first-order valence-electron chi connectivity index (χ1n) is 6.84. The van der Waals surface area contributed by atoms with Gasteiger partial charge in [-0.15, -0.1) is 0 Å². The molecule has 2 rings (SSSR count). The molecule has 0 heterocycles. The molecule has 0 saturated heterocycles. The van der Waals surface area contributed by atoms with Gasteiger partial charge in [-0.05, 0) is 12.5 Å². The van der Waals surface area contributed by atoms with Crippen molar-refractivity contribution in [3.05, 3.63) is 76.6 Å². The van der Waals surface area contributed by atoms with Gasteiger partial charge < -0.3 is 4.74 Å². The summed E-state index contributed by atoms with van der Waals surface area (Å²) in [5, 5.41) is 0. The molecular weight excluding hydrogens is 331 g/mol. The molecular formula is C17H11F5O2. The van der Waals surface area contributed by atoms with Gasteiger partial charge in [-0.2, -0.15) is 0 Å². The SMILES string of the molecule is CCOC(=O)/C=C(\c1ccccc1)c1c(F)c(F)c(F)c(F)c1F. The van der Waals surface area contributed by atoms with Crippen molar-refractivity contribution in [3.8, 4) is 0 Å². The molecule has 0 aliphatic rings. The van der Waals surface area contributed by atoms with E-state index in [1.807, 2.05) is 0 Å². The molecule has 2 aromatic rings. The Morgan fingerprint density at radius 1 is 0.917 bits per heavy atom. The Morgan fingerprint density at radius 3 is 1.92 bits per heavy atom. The Balaban J connectivity index is 2.77. The summed E-state index contributed by atoms with van der Waals surface area (Å²) in [6, 6.07) is 7.29. The van der Waals surface area contributed by atoms with Crippen molar-refractivity contribution in [2.24, 2.45) is 0 Å². The van der Waals surface area contributed by atoms with Crippen LogP contribution in [0.2, 0.25) is 0 Å². The summed E-state index contributed by atoms with van der Waals surface area (Å²) in [5.41, 5.74) is -1.57. The Hall–Kier alpha value is -2.70. The van der Waals surface area contributed by atoms with E-state index in [0.717, 1.165) is 0 Å². The zero-order chi connectivity index (χ0) is 17.9. The molecule has 0 bridgehead atoms. The highest BCUT2D eigenvalue weighted by molar-refractivity contribution is 5.96. The molecule has 0 amide bonds. The molecule has 0 saturated carbocycles. The van der Waals surface area contributed by atoms with E-state index in [-0.39, 0.29) is 12.2 Å². The van der Waals surface area contributed by atoms with Gasteiger partial charge in [0.05, 0.1) is 12.2 Å². The van der Waals surface area contributed by atoms with E-state index in [2.05, 4.69) is 4.74 Å². The van der Waals surface area contributed by atoms with Gasteiger partial charge in [-0.3, -0.25) is 0 Å². The van der Waals surface area contributed by atoms with Crippen molar-refractivity contribution in [2.75, 3.05) is 6.61 Å². The summed E-state index contributed by atoms with van der Waals surface area (Å²) in [7, 11) is 0. The lowest BCUT2D eigenvalue weighted by molar-refractivity contribution is -0.137. The molecule has 2 aromatic carbocycles. The monoisotopic (exact) mass is 342 g/mol. The molecule has 0 N–H and O–H groups in total. The van der Waals surface area contributed by atoms with Crippen LogP contribution in [-0.4, -0.2) is 12.6 Å². The largest absolute Gasteiger partial charge is 0.463 e. The lowest BCUT2D eigenvalue weighted by Gasteiger charge is -2.12. The van der Waals surface area contributed by atoms with E-state index in [1.54, 1.807) is 6.07 Å². The molecule has 0 spiro atoms. The lowest BCUT2D eigenvalue weighted by atomic mass is 9.96. The van der Waals surface area contributed by atoms with Crippen molar-refractivity contribution in [1.29, 1.82) is 0 Å². The molecule has 0 aliphatic carbocycles. The van der Waals surface area contributed by atoms with E-state index in [0.29, 0.717) is 6.08 Å². The molecule has 2 nitrogen and oxygen atoms in total. The lowest BCUT2D eigenvalue weighted by Crippen LogP contribution is -2.09. The van der Waals surface area contributed by atoms with E-state index in [9.17, 15) is 26.7 Å². The standard InChI is InChI=1S/C17H11F5O2/c1-2-24-11(23)8-10(9-6-4-3-5-7-9)12-13(18)15(20)17(22)16(21)14(12)19/h3-8H,2H2,1H3/b10-8+. The second-order valence-electron chi connectivity index (χ2n) is 4.62. The topological polar surface area (TPSA) is 26.3 Å². The summed E-state index contributed by atoms with van der Waals surface area (Å²) in [4.78, 5) is 11.7. The maximum atomic E-state index is 14.1. The molecule has 0 aliphatic heterocycles. The number of ether oxygens (including phenoxy) is 1. The van der Waals surface area contributed by atoms with Crippen LogP contribution in [0, 0.1) is 29.1 Å². The second kappa shape index (κ2) is 7.25. The third kappa shape index (κ3) is 3.29. The maximum Gasteiger partial charge on any atom is 0.331 e. The number of hydrogen-bond donors (Lipinski definition) is 0. The van der Waals surface area contributed by atoms with E-state index in [4.69, 9.17) is 0 Å². The molecule has 24 heavy (non-hydrogen) atoms. The number of rotatable bonds is 4. The van der Waals surface area contributed by atoms with Crippen LogP contribution in [-0.2, 0) is 9.53 Å². The van der Waals surface area contributed by atoms with Crippen molar-refractivity contribution in [3.63, 3.8) is 0 Å². The van der Waals surface area contributed by atoms with Crippen molar-refractivity contribution >= 4 is 11.5 Å². The van der Waals surface area contributed by atoms with Crippen LogP contribution in [0.4, 0.5) is 22.0 Å². The molecule has 0 fully saturated rings.